The second-order valence-electron chi connectivity index (χ2n) is 22.1. The molecule has 12 heteroatoms. The maximum absolute atomic E-state index is 13.8. The summed E-state index contributed by atoms with van der Waals surface area (Å²) in [5.74, 6) is 0.754. The van der Waals surface area contributed by atoms with E-state index >= 15 is 0 Å². The molecule has 2 saturated carbocycles. The van der Waals surface area contributed by atoms with Crippen molar-refractivity contribution in [2.45, 2.75) is 98.6 Å². The Morgan fingerprint density at radius 3 is 1.36 bits per heavy atom. The number of benzene rings is 4. The number of quaternary nitrogens is 2. The lowest BCUT2D eigenvalue weighted by atomic mass is 9.52. The topological polar surface area (TPSA) is 24.9 Å². The molecular formula is C54H52F6N4O2+2. The van der Waals surface area contributed by atoms with E-state index in [0.717, 1.165) is 72.0 Å². The first-order valence-corrected chi connectivity index (χ1v) is 24.3. The lowest BCUT2D eigenvalue weighted by molar-refractivity contribution is -0.955. The van der Waals surface area contributed by atoms with Crippen LogP contribution in [0.5, 0.6) is 0 Å². The molecule has 66 heavy (non-hydrogen) atoms. The van der Waals surface area contributed by atoms with Gasteiger partial charge < -0.3 is 28.2 Å². The highest BCUT2D eigenvalue weighted by Gasteiger charge is 2.81. The molecule has 14 atom stereocenters. The van der Waals surface area contributed by atoms with Gasteiger partial charge in [0, 0.05) is 71.9 Å². The minimum Gasteiger partial charge on any atom is -0.354 e. The molecule has 15 rings (SSSR count). The zero-order valence-electron chi connectivity index (χ0n) is 36.5. The van der Waals surface area contributed by atoms with Crippen molar-refractivity contribution in [3.8, 4) is 0 Å². The first-order valence-electron chi connectivity index (χ1n) is 24.3. The highest BCUT2D eigenvalue weighted by Crippen LogP contribution is 2.73. The van der Waals surface area contributed by atoms with Crippen LogP contribution in [0.1, 0.15) is 59.1 Å². The summed E-state index contributed by atoms with van der Waals surface area (Å²) in [6.07, 6.45) is -0.433. The molecule has 0 N–H and O–H groups in total. The van der Waals surface area contributed by atoms with Crippen LogP contribution in [0.3, 0.4) is 0 Å². The Kier molecular flexibility index (Phi) is 7.59. The fraction of sp³-hybridized carbons (Fsp3) is 0.481. The van der Waals surface area contributed by atoms with Crippen molar-refractivity contribution >= 4 is 11.4 Å². The number of piperidine rings is 2. The van der Waals surface area contributed by atoms with Gasteiger partial charge in [-0.2, -0.15) is 26.3 Å². The van der Waals surface area contributed by atoms with Gasteiger partial charge in [-0.1, -0.05) is 72.8 Å². The van der Waals surface area contributed by atoms with Gasteiger partial charge in [-0.25, -0.2) is 0 Å². The molecule has 11 aliphatic rings. The lowest BCUT2D eigenvalue weighted by Gasteiger charge is -2.65. The van der Waals surface area contributed by atoms with E-state index in [1.165, 1.54) is 57.9 Å². The van der Waals surface area contributed by atoms with Gasteiger partial charge in [0.15, 0.2) is 0 Å². The van der Waals surface area contributed by atoms with Crippen LogP contribution >= 0.6 is 0 Å². The summed E-state index contributed by atoms with van der Waals surface area (Å²) in [5.41, 5.74) is 8.51. The predicted octanol–water partition coefficient (Wildman–Crippen LogP) is 9.73. The average molecular weight is 903 g/mol. The fourth-order valence-electron chi connectivity index (χ4n) is 18.2. The van der Waals surface area contributed by atoms with E-state index < -0.39 is 23.5 Å². The van der Waals surface area contributed by atoms with Crippen molar-refractivity contribution in [3.05, 3.63) is 154 Å². The number of anilines is 2. The Hall–Kier alpha value is -4.62. The third-order valence-electron chi connectivity index (χ3n) is 20.0. The number of hydrogen-bond acceptors (Lipinski definition) is 4. The third kappa shape index (κ3) is 4.71. The van der Waals surface area contributed by atoms with E-state index in [4.69, 9.17) is 9.47 Å². The summed E-state index contributed by atoms with van der Waals surface area (Å²) in [5, 5.41) is 0. The third-order valence-corrected chi connectivity index (χ3v) is 20.0. The molecule has 0 aromatic heterocycles. The molecule has 5 saturated heterocycles. The van der Waals surface area contributed by atoms with Gasteiger partial charge in [-0.3, -0.25) is 0 Å². The first-order chi connectivity index (χ1) is 31.8. The van der Waals surface area contributed by atoms with Gasteiger partial charge >= 0.3 is 12.4 Å². The van der Waals surface area contributed by atoms with Crippen LogP contribution in [-0.4, -0.2) is 85.0 Å². The van der Waals surface area contributed by atoms with Crippen LogP contribution in [0.25, 0.3) is 0 Å². The van der Waals surface area contributed by atoms with E-state index in [1.54, 1.807) is 24.3 Å². The van der Waals surface area contributed by atoms with Crippen molar-refractivity contribution in [2.24, 2.45) is 23.7 Å². The molecule has 4 aromatic rings. The van der Waals surface area contributed by atoms with Crippen LogP contribution < -0.4 is 9.80 Å². The molecule has 2 spiro atoms. The molecule has 9 heterocycles. The normalized spacial score (nSPS) is 41.2. The monoisotopic (exact) mass is 902 g/mol. The maximum Gasteiger partial charge on any atom is 0.416 e. The van der Waals surface area contributed by atoms with Gasteiger partial charge in [-0.05, 0) is 58.7 Å². The highest BCUT2D eigenvalue weighted by atomic mass is 19.4. The SMILES string of the molecule is FC(F)(F)c1ccc(C[N@+]23CC[C@@]45c6ccccc6N6[C@@H]7OCC=C8C[N@+]9(Cc%10ccc(C(F)(F)F)cc%10)CC[C@]%10%11c%12ccccc%12N([C@@H]%12OCC=C(C2)[C@H](C[C@@H]43)[C@@H]%12[C@H]65)[C@H]%10[C@H]7[C@H]8C[C@@H]%119)cc1. The highest BCUT2D eigenvalue weighted by molar-refractivity contribution is 5.72. The Morgan fingerprint density at radius 2 is 0.955 bits per heavy atom. The summed E-state index contributed by atoms with van der Waals surface area (Å²) in [6, 6.07) is 30.9. The van der Waals surface area contributed by atoms with E-state index in [1.807, 2.05) is 0 Å². The van der Waals surface area contributed by atoms with Crippen molar-refractivity contribution in [3.63, 3.8) is 0 Å². The van der Waals surface area contributed by atoms with Crippen LogP contribution in [-0.2, 0) is 45.7 Å². The van der Waals surface area contributed by atoms with Crippen molar-refractivity contribution in [1.82, 2.24) is 0 Å². The molecule has 0 radical (unpaired) electrons. The van der Waals surface area contributed by atoms with Crippen molar-refractivity contribution in [1.29, 1.82) is 0 Å². The Labute approximate surface area is 380 Å². The Morgan fingerprint density at radius 1 is 0.545 bits per heavy atom. The summed E-state index contributed by atoms with van der Waals surface area (Å²) < 4.78 is 99.6. The summed E-state index contributed by atoms with van der Waals surface area (Å²) >= 11 is 0. The van der Waals surface area contributed by atoms with Gasteiger partial charge in [-0.15, -0.1) is 0 Å². The molecule has 4 aromatic carbocycles. The van der Waals surface area contributed by atoms with Gasteiger partial charge in [0.1, 0.15) is 50.7 Å². The molecule has 6 nitrogen and oxygen atoms in total. The van der Waals surface area contributed by atoms with Crippen LogP contribution in [0.2, 0.25) is 0 Å². The van der Waals surface area contributed by atoms with Crippen LogP contribution in [0.4, 0.5) is 37.7 Å². The number of nitrogens with zero attached hydrogens (tertiary/aromatic N) is 4. The lowest BCUT2D eigenvalue weighted by Crippen LogP contribution is -2.78. The number of hydrogen-bond donors (Lipinski definition) is 0. The van der Waals surface area contributed by atoms with Gasteiger partial charge in [0.25, 0.3) is 0 Å². The number of alkyl halides is 6. The minimum absolute atomic E-state index is 0.0775. The van der Waals surface area contributed by atoms with E-state index in [9.17, 15) is 26.3 Å². The first kappa shape index (κ1) is 39.4. The predicted molar refractivity (Wildman–Crippen MR) is 235 cm³/mol. The number of rotatable bonds is 4. The van der Waals surface area contributed by atoms with Crippen LogP contribution in [0, 0.1) is 23.7 Å². The fourth-order valence-corrected chi connectivity index (χ4v) is 18.2. The molecule has 9 aliphatic heterocycles. The van der Waals surface area contributed by atoms with E-state index in [2.05, 4.69) is 70.5 Å². The molecule has 4 bridgehead atoms. The average Bonchev–Trinajstić information content (AvgIpc) is 3.92. The minimum atomic E-state index is -4.38. The molecule has 7 fully saturated rings. The van der Waals surface area contributed by atoms with Gasteiger partial charge in [0.2, 0.25) is 0 Å². The van der Waals surface area contributed by atoms with Crippen molar-refractivity contribution in [2.75, 3.05) is 49.2 Å². The number of ether oxygens (including phenoxy) is 2. The zero-order valence-corrected chi connectivity index (χ0v) is 36.5. The number of halogens is 6. The van der Waals surface area contributed by atoms with E-state index in [-0.39, 0.29) is 71.1 Å². The molecular weight excluding hydrogens is 851 g/mol. The molecule has 0 unspecified atom stereocenters. The smallest absolute Gasteiger partial charge is 0.354 e. The zero-order chi connectivity index (χ0) is 44.3. The number of para-hydroxylation sites is 2. The Balaban J connectivity index is 0.912. The van der Waals surface area contributed by atoms with Crippen molar-refractivity contribution < 1.29 is 44.8 Å². The molecule has 0 amide bonds. The Bertz CT molecular complexity index is 2600. The second-order valence-corrected chi connectivity index (χ2v) is 22.1. The largest absolute Gasteiger partial charge is 0.416 e. The summed E-state index contributed by atoms with van der Waals surface area (Å²) in [7, 11) is 0. The van der Waals surface area contributed by atoms with Crippen LogP contribution in [0.15, 0.2) is 120 Å². The molecule has 2 aliphatic carbocycles. The quantitative estimate of drug-likeness (QED) is 0.116. The maximum atomic E-state index is 13.8. The van der Waals surface area contributed by atoms with Gasteiger partial charge in [0.05, 0.1) is 60.3 Å². The van der Waals surface area contributed by atoms with E-state index in [0.29, 0.717) is 26.3 Å². The standard InChI is InChI=1S/C54H52F6N4O2/c55-53(56,57)35-13-9-31(10-14-35)27-63-21-19-51-39-5-1-3-7-41(39)61-47(51)45-37(25-43(51)63)33(29-63)18-24-66-50(45)62-42-8-4-2-6-40(42)52-20-22-64(28-32-11-15-36(16-12-32)54(58,59)60)30-34-17-23-65-49(61)46(48(52)62)38(34)26-44(52)64/h1-18,37-38,43-50H,19-30H2/q+2/t37-,38-,43-,44-,45+,46+,47-,48-,49+,50+,51+,52+,63+,64+/m0/s1. The summed E-state index contributed by atoms with van der Waals surface area (Å²) in [4.78, 5) is 5.62. The molecule has 340 valence electrons. The summed E-state index contributed by atoms with van der Waals surface area (Å²) in [6.45, 7) is 6.02. The number of fused-ring (bicyclic) bond motifs is 6. The second kappa shape index (κ2) is 12.7.